The number of rotatable bonds is 7. The standard InChI is InChI=1S/C29H29ClN6O3/c30-24-14-32-29(33-21-7-9-39-10-8-21)35-27(24)19-2-3-20-15-36(28(38)23(20)12-19)16-26(37)34-25-6-4-18-11-17(13-31)1-5-22(18)25/h1-3,5,11-12,14,21,25-26,34,37H,4,6-10,15-16H2,(H,32,33,35). The zero-order valence-corrected chi connectivity index (χ0v) is 22.1. The van der Waals surface area contributed by atoms with Crippen LogP contribution in [0.2, 0.25) is 5.02 Å². The molecular weight excluding hydrogens is 516 g/mol. The summed E-state index contributed by atoms with van der Waals surface area (Å²) in [5.74, 6) is 0.366. The molecule has 2 aromatic carbocycles. The molecule has 0 spiro atoms. The van der Waals surface area contributed by atoms with Crippen LogP contribution in [0.15, 0.2) is 42.6 Å². The topological polar surface area (TPSA) is 123 Å². The molecule has 2 aliphatic heterocycles. The predicted octanol–water partition coefficient (Wildman–Crippen LogP) is 3.81. The van der Waals surface area contributed by atoms with Crippen molar-refractivity contribution < 1.29 is 14.6 Å². The van der Waals surface area contributed by atoms with Crippen LogP contribution in [0, 0.1) is 11.3 Å². The lowest BCUT2D eigenvalue weighted by Crippen LogP contribution is -2.42. The number of fused-ring (bicyclic) bond motifs is 2. The fourth-order valence-electron chi connectivity index (χ4n) is 5.67. The first-order valence-electron chi connectivity index (χ1n) is 13.2. The fourth-order valence-corrected chi connectivity index (χ4v) is 5.87. The maximum Gasteiger partial charge on any atom is 0.254 e. The van der Waals surface area contributed by atoms with Crippen molar-refractivity contribution in [1.82, 2.24) is 20.2 Å². The Hall–Kier alpha value is -3.55. The summed E-state index contributed by atoms with van der Waals surface area (Å²) in [6, 6.07) is 13.7. The molecule has 1 saturated heterocycles. The summed E-state index contributed by atoms with van der Waals surface area (Å²) in [6.45, 7) is 2.01. The number of nitrogens with one attached hydrogen (secondary N) is 2. The Morgan fingerprint density at radius 1 is 1.18 bits per heavy atom. The Labute approximate surface area is 231 Å². The van der Waals surface area contributed by atoms with Crippen molar-refractivity contribution in [2.75, 3.05) is 25.1 Å². The Kier molecular flexibility index (Phi) is 7.19. The first kappa shape index (κ1) is 25.7. The number of aromatic nitrogens is 2. The number of carbonyl (C=O) groups excluding carboxylic acids is 1. The van der Waals surface area contributed by atoms with Gasteiger partial charge in [0, 0.05) is 43.0 Å². The highest BCUT2D eigenvalue weighted by atomic mass is 35.5. The average molecular weight is 545 g/mol. The quantitative estimate of drug-likeness (QED) is 0.384. The zero-order valence-electron chi connectivity index (χ0n) is 21.4. The number of anilines is 1. The maximum atomic E-state index is 13.3. The molecule has 3 N–H and O–H groups in total. The molecule has 3 heterocycles. The van der Waals surface area contributed by atoms with E-state index in [1.165, 1.54) is 0 Å². The van der Waals surface area contributed by atoms with Gasteiger partial charge in [-0.2, -0.15) is 5.26 Å². The van der Waals surface area contributed by atoms with Crippen LogP contribution >= 0.6 is 11.6 Å². The summed E-state index contributed by atoms with van der Waals surface area (Å²) in [7, 11) is 0. The molecule has 0 radical (unpaired) electrons. The van der Waals surface area contributed by atoms with Crippen LogP contribution in [0.3, 0.4) is 0 Å². The van der Waals surface area contributed by atoms with Crippen LogP contribution in [0.5, 0.6) is 0 Å². The van der Waals surface area contributed by atoms with Gasteiger partial charge in [-0.25, -0.2) is 9.97 Å². The van der Waals surface area contributed by atoms with E-state index in [0.717, 1.165) is 47.9 Å². The largest absolute Gasteiger partial charge is 0.381 e. The van der Waals surface area contributed by atoms with E-state index in [9.17, 15) is 9.90 Å². The summed E-state index contributed by atoms with van der Waals surface area (Å²) in [4.78, 5) is 23.9. The van der Waals surface area contributed by atoms with Gasteiger partial charge in [-0.1, -0.05) is 29.8 Å². The highest BCUT2D eigenvalue weighted by molar-refractivity contribution is 6.33. The third kappa shape index (κ3) is 5.34. The number of hydrogen-bond acceptors (Lipinski definition) is 8. The second kappa shape index (κ2) is 10.9. The molecule has 39 heavy (non-hydrogen) atoms. The van der Waals surface area contributed by atoms with Crippen LogP contribution in [0.4, 0.5) is 5.95 Å². The number of aryl methyl sites for hydroxylation is 1. The van der Waals surface area contributed by atoms with Crippen LogP contribution in [0.25, 0.3) is 11.3 Å². The van der Waals surface area contributed by atoms with Gasteiger partial charge in [0.25, 0.3) is 5.91 Å². The minimum absolute atomic E-state index is 0.0155. The van der Waals surface area contributed by atoms with Crippen LogP contribution in [-0.2, 0) is 17.7 Å². The molecule has 200 valence electrons. The van der Waals surface area contributed by atoms with E-state index >= 15 is 0 Å². The molecule has 6 rings (SSSR count). The number of ether oxygens (including phenoxy) is 1. The lowest BCUT2D eigenvalue weighted by molar-refractivity contribution is 0.0535. The number of halogens is 1. The predicted molar refractivity (Wildman–Crippen MR) is 146 cm³/mol. The highest BCUT2D eigenvalue weighted by Crippen LogP contribution is 2.34. The average Bonchev–Trinajstić information content (AvgIpc) is 3.49. The van der Waals surface area contributed by atoms with Crippen molar-refractivity contribution in [3.8, 4) is 17.3 Å². The number of carbonyl (C=O) groups is 1. The van der Waals surface area contributed by atoms with E-state index in [2.05, 4.69) is 26.7 Å². The molecule has 10 heteroatoms. The number of aliphatic hydroxyl groups excluding tert-OH is 1. The molecule has 3 aliphatic rings. The summed E-state index contributed by atoms with van der Waals surface area (Å²) in [5, 5.41) is 27.0. The molecule has 1 aliphatic carbocycles. The van der Waals surface area contributed by atoms with Gasteiger partial charge in [-0.3, -0.25) is 10.1 Å². The van der Waals surface area contributed by atoms with Gasteiger partial charge < -0.3 is 20.1 Å². The van der Waals surface area contributed by atoms with Gasteiger partial charge in [-0.05, 0) is 60.6 Å². The minimum Gasteiger partial charge on any atom is -0.381 e. The number of aliphatic hydroxyl groups is 1. The van der Waals surface area contributed by atoms with Gasteiger partial charge in [0.2, 0.25) is 5.95 Å². The van der Waals surface area contributed by atoms with Gasteiger partial charge >= 0.3 is 0 Å². The van der Waals surface area contributed by atoms with E-state index < -0.39 is 6.23 Å². The normalized spacial score (nSPS) is 19.5. The molecule has 2 atom stereocenters. The van der Waals surface area contributed by atoms with Crippen molar-refractivity contribution in [3.63, 3.8) is 0 Å². The van der Waals surface area contributed by atoms with Crippen molar-refractivity contribution >= 4 is 23.5 Å². The Balaban J connectivity index is 1.13. The lowest BCUT2D eigenvalue weighted by Gasteiger charge is -2.24. The Bertz CT molecular complexity index is 1450. The smallest absolute Gasteiger partial charge is 0.254 e. The summed E-state index contributed by atoms with van der Waals surface area (Å²) < 4.78 is 5.42. The molecule has 0 saturated carbocycles. The maximum absolute atomic E-state index is 13.3. The lowest BCUT2D eigenvalue weighted by atomic mass is 10.0. The fraction of sp³-hybridized carbons (Fsp3) is 0.379. The molecule has 1 aromatic heterocycles. The zero-order chi connectivity index (χ0) is 26.9. The summed E-state index contributed by atoms with van der Waals surface area (Å²) in [6.07, 6.45) is 4.16. The van der Waals surface area contributed by atoms with Crippen molar-refractivity contribution in [1.29, 1.82) is 5.26 Å². The first-order valence-corrected chi connectivity index (χ1v) is 13.6. The van der Waals surface area contributed by atoms with Crippen molar-refractivity contribution in [3.05, 3.63) is 75.4 Å². The first-order chi connectivity index (χ1) is 19.0. The van der Waals surface area contributed by atoms with Gasteiger partial charge in [-0.15, -0.1) is 0 Å². The highest BCUT2D eigenvalue weighted by Gasteiger charge is 2.31. The van der Waals surface area contributed by atoms with Gasteiger partial charge in [0.15, 0.2) is 0 Å². The van der Waals surface area contributed by atoms with E-state index in [1.807, 2.05) is 30.3 Å². The third-order valence-electron chi connectivity index (χ3n) is 7.70. The molecule has 1 amide bonds. The molecule has 2 unspecified atom stereocenters. The second-order valence-corrected chi connectivity index (χ2v) is 10.7. The van der Waals surface area contributed by atoms with E-state index in [-0.39, 0.29) is 24.5 Å². The van der Waals surface area contributed by atoms with Crippen LogP contribution in [-0.4, -0.2) is 57.9 Å². The molecular formula is C29H29ClN6O3. The number of amides is 1. The van der Waals surface area contributed by atoms with E-state index in [1.54, 1.807) is 17.2 Å². The van der Waals surface area contributed by atoms with Gasteiger partial charge in [0.1, 0.15) is 6.23 Å². The molecule has 0 bridgehead atoms. The van der Waals surface area contributed by atoms with Crippen LogP contribution in [0.1, 0.15) is 57.9 Å². The third-order valence-corrected chi connectivity index (χ3v) is 7.97. The van der Waals surface area contributed by atoms with E-state index in [4.69, 9.17) is 21.6 Å². The van der Waals surface area contributed by atoms with Crippen molar-refractivity contribution in [2.24, 2.45) is 0 Å². The number of benzene rings is 2. The van der Waals surface area contributed by atoms with E-state index in [0.29, 0.717) is 47.6 Å². The van der Waals surface area contributed by atoms with Gasteiger partial charge in [0.05, 0.1) is 35.1 Å². The van der Waals surface area contributed by atoms with Crippen LogP contribution < -0.4 is 10.6 Å². The SMILES string of the molecule is N#Cc1ccc2c(c1)CCC2NC(O)CN1Cc2ccc(-c3nc(NC4CCOCC4)ncc3Cl)cc2C1=O. The number of β-amino-alcohol motifs (C(OH)–C–C–N with tert-alkyl or cyclic N) is 1. The number of nitrogens with zero attached hydrogens (tertiary/aromatic N) is 4. The minimum atomic E-state index is -0.885. The number of nitriles is 1. The Morgan fingerprint density at radius 3 is 2.85 bits per heavy atom. The number of hydrogen-bond donors (Lipinski definition) is 3. The monoisotopic (exact) mass is 544 g/mol. The summed E-state index contributed by atoms with van der Waals surface area (Å²) in [5.41, 5.74) is 5.66. The second-order valence-electron chi connectivity index (χ2n) is 10.3. The molecule has 9 nitrogen and oxygen atoms in total. The summed E-state index contributed by atoms with van der Waals surface area (Å²) >= 11 is 6.47. The Morgan fingerprint density at radius 2 is 2.03 bits per heavy atom. The van der Waals surface area contributed by atoms with Crippen molar-refractivity contribution in [2.45, 2.75) is 50.5 Å². The molecule has 3 aromatic rings. The molecule has 1 fully saturated rings.